The third-order valence-electron chi connectivity index (χ3n) is 3.59. The van der Waals surface area contributed by atoms with Gasteiger partial charge in [-0.05, 0) is 12.8 Å². The molecule has 1 amide bonds. The number of nitrogens with zero attached hydrogens (tertiary/aromatic N) is 3. The van der Waals surface area contributed by atoms with Crippen LogP contribution >= 0.6 is 0 Å². The molecule has 1 saturated carbocycles. The molecule has 1 fully saturated rings. The minimum absolute atomic E-state index is 0.0811. The maximum absolute atomic E-state index is 12.0. The summed E-state index contributed by atoms with van der Waals surface area (Å²) in [6, 6.07) is 0.480. The Kier molecular flexibility index (Phi) is 2.46. The normalized spacial score (nSPS) is 28.3. The largest absolute Gasteiger partial charge is 0.346 e. The zero-order valence-electron chi connectivity index (χ0n) is 9.89. The van der Waals surface area contributed by atoms with Crippen LogP contribution < -0.4 is 5.32 Å². The third-order valence-corrected chi connectivity index (χ3v) is 3.59. The number of rotatable bonds is 1. The number of fused-ring (bicyclic) bond motifs is 1. The molecule has 0 radical (unpaired) electrons. The van der Waals surface area contributed by atoms with Gasteiger partial charge in [0.25, 0.3) is 5.91 Å². The summed E-state index contributed by atoms with van der Waals surface area (Å²) in [6.45, 7) is 0. The second-order valence-electron chi connectivity index (χ2n) is 4.77. The van der Waals surface area contributed by atoms with Gasteiger partial charge in [0.15, 0.2) is 11.5 Å². The van der Waals surface area contributed by atoms with Crippen LogP contribution in [0.2, 0.25) is 0 Å². The SMILES string of the molecule is Cn1ccnc1C1=N[C@H]2CCCC[C@@H]2NC1=O. The molecule has 1 aromatic heterocycles. The summed E-state index contributed by atoms with van der Waals surface area (Å²) >= 11 is 0. The van der Waals surface area contributed by atoms with Crippen LogP contribution in [0.1, 0.15) is 31.5 Å². The van der Waals surface area contributed by atoms with E-state index in [4.69, 9.17) is 0 Å². The number of aliphatic imine (C=N–C) groups is 1. The molecule has 90 valence electrons. The Morgan fingerprint density at radius 1 is 1.41 bits per heavy atom. The van der Waals surface area contributed by atoms with E-state index >= 15 is 0 Å². The van der Waals surface area contributed by atoms with Crippen molar-refractivity contribution in [2.75, 3.05) is 0 Å². The minimum Gasteiger partial charge on any atom is -0.346 e. The summed E-state index contributed by atoms with van der Waals surface area (Å²) in [5.41, 5.74) is 0.487. The van der Waals surface area contributed by atoms with Crippen LogP contribution in [-0.2, 0) is 11.8 Å². The van der Waals surface area contributed by atoms with Gasteiger partial charge in [-0.1, -0.05) is 12.8 Å². The lowest BCUT2D eigenvalue weighted by Crippen LogP contribution is -2.52. The Hall–Kier alpha value is -1.65. The van der Waals surface area contributed by atoms with Gasteiger partial charge in [-0.15, -0.1) is 0 Å². The lowest BCUT2D eigenvalue weighted by molar-refractivity contribution is -0.116. The van der Waals surface area contributed by atoms with Crippen LogP contribution in [0.4, 0.5) is 0 Å². The predicted molar refractivity (Wildman–Crippen MR) is 63.9 cm³/mol. The number of hydrogen-bond acceptors (Lipinski definition) is 3. The highest BCUT2D eigenvalue weighted by atomic mass is 16.2. The Morgan fingerprint density at radius 2 is 2.24 bits per heavy atom. The van der Waals surface area contributed by atoms with Gasteiger partial charge in [0.1, 0.15) is 0 Å². The van der Waals surface area contributed by atoms with Crippen LogP contribution in [0.5, 0.6) is 0 Å². The van der Waals surface area contributed by atoms with E-state index in [9.17, 15) is 4.79 Å². The summed E-state index contributed by atoms with van der Waals surface area (Å²) in [5, 5.41) is 3.06. The van der Waals surface area contributed by atoms with E-state index in [0.717, 1.165) is 12.8 Å². The lowest BCUT2D eigenvalue weighted by Gasteiger charge is -2.33. The highest BCUT2D eigenvalue weighted by Crippen LogP contribution is 2.24. The molecule has 0 saturated heterocycles. The topological polar surface area (TPSA) is 59.3 Å². The van der Waals surface area contributed by atoms with Crippen molar-refractivity contribution in [1.82, 2.24) is 14.9 Å². The van der Waals surface area contributed by atoms with E-state index < -0.39 is 0 Å². The van der Waals surface area contributed by atoms with E-state index in [1.54, 1.807) is 6.20 Å². The molecule has 2 heterocycles. The summed E-state index contributed by atoms with van der Waals surface area (Å²) in [4.78, 5) is 20.8. The number of aryl methyl sites for hydroxylation is 1. The first kappa shape index (κ1) is 10.5. The summed E-state index contributed by atoms with van der Waals surface area (Å²) in [7, 11) is 1.88. The molecule has 1 N–H and O–H groups in total. The van der Waals surface area contributed by atoms with Crippen molar-refractivity contribution < 1.29 is 4.79 Å². The first-order valence-electron chi connectivity index (χ1n) is 6.12. The molecule has 0 bridgehead atoms. The van der Waals surface area contributed by atoms with Gasteiger partial charge < -0.3 is 9.88 Å². The molecule has 0 spiro atoms. The second kappa shape index (κ2) is 3.98. The van der Waals surface area contributed by atoms with E-state index in [0.29, 0.717) is 11.5 Å². The number of hydrogen-bond donors (Lipinski definition) is 1. The standard InChI is InChI=1S/C12H16N4O/c1-16-7-6-13-11(16)10-12(17)15-9-5-3-2-4-8(9)14-10/h6-9H,2-5H2,1H3,(H,15,17)/t8-,9-/m0/s1. The van der Waals surface area contributed by atoms with Gasteiger partial charge in [-0.3, -0.25) is 9.79 Å². The zero-order valence-corrected chi connectivity index (χ0v) is 9.89. The predicted octanol–water partition coefficient (Wildman–Crippen LogP) is 0.650. The number of carbonyl (C=O) groups excluding carboxylic acids is 1. The molecule has 1 aliphatic carbocycles. The molecule has 17 heavy (non-hydrogen) atoms. The zero-order chi connectivity index (χ0) is 11.8. The first-order chi connectivity index (χ1) is 8.25. The molecule has 2 aliphatic rings. The Balaban J connectivity index is 1.96. The summed E-state index contributed by atoms with van der Waals surface area (Å²) in [5.74, 6) is 0.578. The number of carbonyl (C=O) groups is 1. The summed E-state index contributed by atoms with van der Waals surface area (Å²) in [6.07, 6.45) is 8.03. The third kappa shape index (κ3) is 1.75. The van der Waals surface area contributed by atoms with E-state index in [-0.39, 0.29) is 18.0 Å². The van der Waals surface area contributed by atoms with Crippen LogP contribution in [0, 0.1) is 0 Å². The first-order valence-corrected chi connectivity index (χ1v) is 6.12. The Labute approximate surface area is 99.9 Å². The average molecular weight is 232 g/mol. The molecular formula is C12H16N4O. The van der Waals surface area contributed by atoms with Crippen molar-refractivity contribution >= 4 is 11.6 Å². The van der Waals surface area contributed by atoms with Crippen LogP contribution in [-0.4, -0.2) is 33.3 Å². The fourth-order valence-corrected chi connectivity index (χ4v) is 2.65. The van der Waals surface area contributed by atoms with Crippen molar-refractivity contribution in [1.29, 1.82) is 0 Å². The highest BCUT2D eigenvalue weighted by molar-refractivity contribution is 6.45. The van der Waals surface area contributed by atoms with Gasteiger partial charge >= 0.3 is 0 Å². The lowest BCUT2D eigenvalue weighted by atomic mass is 9.89. The van der Waals surface area contributed by atoms with Crippen molar-refractivity contribution in [2.24, 2.45) is 12.0 Å². The van der Waals surface area contributed by atoms with Gasteiger partial charge in [0.2, 0.25) is 0 Å². The van der Waals surface area contributed by atoms with Crippen molar-refractivity contribution in [3.05, 3.63) is 18.2 Å². The van der Waals surface area contributed by atoms with Gasteiger partial charge in [-0.2, -0.15) is 0 Å². The molecule has 0 aromatic carbocycles. The number of imidazole rings is 1. The van der Waals surface area contributed by atoms with Crippen molar-refractivity contribution in [3.8, 4) is 0 Å². The maximum atomic E-state index is 12.0. The van der Waals surface area contributed by atoms with Crippen LogP contribution in [0.25, 0.3) is 0 Å². The van der Waals surface area contributed by atoms with E-state index in [1.807, 2.05) is 17.8 Å². The van der Waals surface area contributed by atoms with Crippen molar-refractivity contribution in [3.63, 3.8) is 0 Å². The molecule has 5 heteroatoms. The monoisotopic (exact) mass is 232 g/mol. The van der Waals surface area contributed by atoms with E-state index in [2.05, 4.69) is 15.3 Å². The second-order valence-corrected chi connectivity index (χ2v) is 4.77. The number of amides is 1. The molecule has 1 aliphatic heterocycles. The fraction of sp³-hybridized carbons (Fsp3) is 0.583. The fourth-order valence-electron chi connectivity index (χ4n) is 2.65. The van der Waals surface area contributed by atoms with E-state index in [1.165, 1.54) is 12.8 Å². The molecular weight excluding hydrogens is 216 g/mol. The Morgan fingerprint density at radius 3 is 3.00 bits per heavy atom. The molecule has 0 unspecified atom stereocenters. The summed E-state index contributed by atoms with van der Waals surface area (Å²) < 4.78 is 1.83. The molecule has 3 rings (SSSR count). The van der Waals surface area contributed by atoms with Gasteiger partial charge in [-0.25, -0.2) is 4.98 Å². The molecule has 1 aromatic rings. The van der Waals surface area contributed by atoms with Crippen LogP contribution in [0.3, 0.4) is 0 Å². The number of aromatic nitrogens is 2. The Bertz CT molecular complexity index is 477. The van der Waals surface area contributed by atoms with Crippen LogP contribution in [0.15, 0.2) is 17.4 Å². The highest BCUT2D eigenvalue weighted by Gasteiger charge is 2.34. The number of nitrogens with one attached hydrogen (secondary N) is 1. The maximum Gasteiger partial charge on any atom is 0.273 e. The van der Waals surface area contributed by atoms with Gasteiger partial charge in [0.05, 0.1) is 12.1 Å². The van der Waals surface area contributed by atoms with Gasteiger partial charge in [0, 0.05) is 19.4 Å². The quantitative estimate of drug-likeness (QED) is 0.773. The average Bonchev–Trinajstić information content (AvgIpc) is 2.74. The molecule has 5 nitrogen and oxygen atoms in total. The smallest absolute Gasteiger partial charge is 0.273 e. The minimum atomic E-state index is -0.0811. The molecule has 2 atom stereocenters. The van der Waals surface area contributed by atoms with Crippen molar-refractivity contribution in [2.45, 2.75) is 37.8 Å².